The van der Waals surface area contributed by atoms with E-state index in [-0.39, 0.29) is 5.97 Å². The van der Waals surface area contributed by atoms with Crippen LogP contribution in [0, 0.1) is 0 Å². The lowest BCUT2D eigenvalue weighted by atomic mass is 10.1. The highest BCUT2D eigenvalue weighted by atomic mass is 16.6. The molecule has 0 radical (unpaired) electrons. The number of carbonyl (C=O) groups is 1. The summed E-state index contributed by atoms with van der Waals surface area (Å²) < 4.78 is 22.1. The molecule has 0 saturated heterocycles. The Balaban J connectivity index is 1.45. The molecule has 1 unspecified atom stereocenters. The van der Waals surface area contributed by atoms with Crippen molar-refractivity contribution in [1.29, 1.82) is 0 Å². The molecule has 6 nitrogen and oxygen atoms in total. The predicted octanol–water partition coefficient (Wildman–Crippen LogP) is 5.01. The van der Waals surface area contributed by atoms with Crippen molar-refractivity contribution < 1.29 is 23.7 Å². The minimum absolute atomic E-state index is 0.330. The number of esters is 1. The molecule has 1 aromatic heterocycles. The van der Waals surface area contributed by atoms with E-state index in [0.717, 1.165) is 29.0 Å². The van der Waals surface area contributed by atoms with Gasteiger partial charge in [0.15, 0.2) is 6.10 Å². The van der Waals surface area contributed by atoms with Crippen molar-refractivity contribution in [1.82, 2.24) is 4.98 Å². The lowest BCUT2D eigenvalue weighted by molar-refractivity contribution is -0.156. The smallest absolute Gasteiger partial charge is 0.335 e. The summed E-state index contributed by atoms with van der Waals surface area (Å²) in [6.45, 7) is 4.91. The van der Waals surface area contributed by atoms with Crippen LogP contribution >= 0.6 is 0 Å². The van der Waals surface area contributed by atoms with Gasteiger partial charge < -0.3 is 18.9 Å². The molecule has 0 N–H and O–H groups in total. The number of benzene rings is 2. The third kappa shape index (κ3) is 7.39. The van der Waals surface area contributed by atoms with Crippen LogP contribution in [-0.4, -0.2) is 36.9 Å². The number of rotatable bonds is 12. The fraction of sp³-hybridized carbons (Fsp3) is 0.308. The fourth-order valence-corrected chi connectivity index (χ4v) is 3.10. The van der Waals surface area contributed by atoms with Gasteiger partial charge in [-0.05, 0) is 49.2 Å². The van der Waals surface area contributed by atoms with Crippen LogP contribution in [-0.2, 0) is 27.1 Å². The molecule has 0 amide bonds. The maximum atomic E-state index is 12.0. The molecule has 6 heteroatoms. The number of hydrogen-bond acceptors (Lipinski definition) is 6. The van der Waals surface area contributed by atoms with Crippen LogP contribution in [0.3, 0.4) is 0 Å². The van der Waals surface area contributed by atoms with E-state index in [4.69, 9.17) is 18.9 Å². The third-order valence-corrected chi connectivity index (χ3v) is 4.68. The van der Waals surface area contributed by atoms with Crippen LogP contribution in [0.2, 0.25) is 0 Å². The molecule has 0 fully saturated rings. The van der Waals surface area contributed by atoms with Gasteiger partial charge in [-0.1, -0.05) is 36.4 Å². The minimum atomic E-state index is -0.623. The molecule has 1 heterocycles. The van der Waals surface area contributed by atoms with E-state index in [2.05, 4.69) is 4.98 Å². The topological polar surface area (TPSA) is 66.9 Å². The molecular formula is C26H29NO5. The van der Waals surface area contributed by atoms with Crippen LogP contribution < -0.4 is 9.47 Å². The van der Waals surface area contributed by atoms with E-state index in [1.165, 1.54) is 0 Å². The highest BCUT2D eigenvalue weighted by Gasteiger charge is 2.20. The van der Waals surface area contributed by atoms with Crippen LogP contribution in [0.5, 0.6) is 17.4 Å². The van der Waals surface area contributed by atoms with Crippen molar-refractivity contribution in [2.75, 3.05) is 19.8 Å². The third-order valence-electron chi connectivity index (χ3n) is 4.68. The van der Waals surface area contributed by atoms with E-state index >= 15 is 0 Å². The van der Waals surface area contributed by atoms with Crippen molar-refractivity contribution in [3.05, 3.63) is 84.1 Å². The first-order valence-electron chi connectivity index (χ1n) is 10.9. The van der Waals surface area contributed by atoms with Crippen molar-refractivity contribution in [2.45, 2.75) is 32.8 Å². The van der Waals surface area contributed by atoms with Gasteiger partial charge in [0.1, 0.15) is 11.5 Å². The highest BCUT2D eigenvalue weighted by molar-refractivity contribution is 5.75. The van der Waals surface area contributed by atoms with Gasteiger partial charge in [-0.15, -0.1) is 0 Å². The molecule has 32 heavy (non-hydrogen) atoms. The maximum absolute atomic E-state index is 12.0. The summed E-state index contributed by atoms with van der Waals surface area (Å²) in [5, 5.41) is 0. The van der Waals surface area contributed by atoms with Crippen LogP contribution in [0.4, 0.5) is 0 Å². The standard InChI is InChI=1S/C26H29NO5/c1-3-29-24(26(28)30-4-2)18-21-12-15-25(27-19-21)31-17-16-20-10-13-23(14-11-20)32-22-8-6-5-7-9-22/h5-15,19,24H,3-4,16-18H2,1-2H3. The fourth-order valence-electron chi connectivity index (χ4n) is 3.10. The Kier molecular flexibility index (Phi) is 9.07. The van der Waals surface area contributed by atoms with Gasteiger partial charge in [0.05, 0.1) is 13.2 Å². The lowest BCUT2D eigenvalue weighted by Crippen LogP contribution is -2.29. The lowest BCUT2D eigenvalue weighted by Gasteiger charge is -2.15. The van der Waals surface area contributed by atoms with E-state index in [1.807, 2.05) is 67.6 Å². The van der Waals surface area contributed by atoms with E-state index in [1.54, 1.807) is 19.2 Å². The number of para-hydroxylation sites is 1. The number of carbonyl (C=O) groups excluding carboxylic acids is 1. The summed E-state index contributed by atoms with van der Waals surface area (Å²) in [5.74, 6) is 1.80. The maximum Gasteiger partial charge on any atom is 0.335 e. The van der Waals surface area contributed by atoms with Crippen molar-refractivity contribution in [3.63, 3.8) is 0 Å². The van der Waals surface area contributed by atoms with Gasteiger partial charge >= 0.3 is 5.97 Å². The molecule has 3 rings (SSSR count). The molecule has 1 atom stereocenters. The molecular weight excluding hydrogens is 406 g/mol. The Morgan fingerprint density at radius 2 is 1.59 bits per heavy atom. The normalized spacial score (nSPS) is 11.6. The average molecular weight is 436 g/mol. The van der Waals surface area contributed by atoms with Gasteiger partial charge in [-0.2, -0.15) is 0 Å². The van der Waals surface area contributed by atoms with Gasteiger partial charge in [0, 0.05) is 31.7 Å². The minimum Gasteiger partial charge on any atom is -0.477 e. The number of aromatic nitrogens is 1. The zero-order chi connectivity index (χ0) is 22.6. The second kappa shape index (κ2) is 12.5. The monoisotopic (exact) mass is 435 g/mol. The first-order chi connectivity index (χ1) is 15.7. The number of hydrogen-bond donors (Lipinski definition) is 0. The molecule has 0 spiro atoms. The summed E-state index contributed by atoms with van der Waals surface area (Å²) >= 11 is 0. The SMILES string of the molecule is CCOC(=O)C(Cc1ccc(OCCc2ccc(Oc3ccccc3)cc2)nc1)OCC. The predicted molar refractivity (Wildman–Crippen MR) is 122 cm³/mol. The molecule has 2 aromatic carbocycles. The zero-order valence-corrected chi connectivity index (χ0v) is 18.5. The summed E-state index contributed by atoms with van der Waals surface area (Å²) in [6, 6.07) is 21.4. The zero-order valence-electron chi connectivity index (χ0n) is 18.5. The Morgan fingerprint density at radius 3 is 2.25 bits per heavy atom. The first-order valence-corrected chi connectivity index (χ1v) is 10.9. The van der Waals surface area contributed by atoms with Crippen molar-refractivity contribution in [2.24, 2.45) is 0 Å². The highest BCUT2D eigenvalue weighted by Crippen LogP contribution is 2.21. The van der Waals surface area contributed by atoms with E-state index in [0.29, 0.717) is 32.1 Å². The molecule has 0 bridgehead atoms. The van der Waals surface area contributed by atoms with E-state index < -0.39 is 6.10 Å². The molecule has 0 saturated carbocycles. The number of ether oxygens (including phenoxy) is 4. The Hall–Kier alpha value is -3.38. The molecule has 168 valence electrons. The Labute approximate surface area is 189 Å². The average Bonchev–Trinajstić information content (AvgIpc) is 2.82. The van der Waals surface area contributed by atoms with Gasteiger partial charge in [-0.3, -0.25) is 0 Å². The Bertz CT molecular complexity index is 942. The quantitative estimate of drug-likeness (QED) is 0.373. The molecule has 3 aromatic rings. The van der Waals surface area contributed by atoms with Gasteiger partial charge in [0.25, 0.3) is 0 Å². The number of nitrogens with zero attached hydrogens (tertiary/aromatic N) is 1. The largest absolute Gasteiger partial charge is 0.477 e. The van der Waals surface area contributed by atoms with Gasteiger partial charge in [0.2, 0.25) is 5.88 Å². The van der Waals surface area contributed by atoms with E-state index in [9.17, 15) is 4.79 Å². The van der Waals surface area contributed by atoms with Crippen molar-refractivity contribution >= 4 is 5.97 Å². The summed E-state index contributed by atoms with van der Waals surface area (Å²) in [7, 11) is 0. The molecule has 0 aliphatic heterocycles. The summed E-state index contributed by atoms with van der Waals surface area (Å²) in [6.07, 6.45) is 2.25. The molecule has 0 aliphatic carbocycles. The van der Waals surface area contributed by atoms with Crippen LogP contribution in [0.25, 0.3) is 0 Å². The van der Waals surface area contributed by atoms with Crippen molar-refractivity contribution in [3.8, 4) is 17.4 Å². The number of pyridine rings is 1. The summed E-state index contributed by atoms with van der Waals surface area (Å²) in [4.78, 5) is 16.3. The second-order valence-corrected chi connectivity index (χ2v) is 7.06. The molecule has 0 aliphatic rings. The van der Waals surface area contributed by atoms with Crippen LogP contribution in [0.1, 0.15) is 25.0 Å². The Morgan fingerprint density at radius 1 is 0.875 bits per heavy atom. The van der Waals surface area contributed by atoms with Gasteiger partial charge in [-0.25, -0.2) is 9.78 Å². The van der Waals surface area contributed by atoms with Crippen LogP contribution in [0.15, 0.2) is 72.9 Å². The summed E-state index contributed by atoms with van der Waals surface area (Å²) in [5.41, 5.74) is 2.04. The second-order valence-electron chi connectivity index (χ2n) is 7.06. The first kappa shape index (κ1) is 23.3.